The molecule has 0 unspecified atom stereocenters. The summed E-state index contributed by atoms with van der Waals surface area (Å²) in [4.78, 5) is 3.77. The zero-order valence-corrected chi connectivity index (χ0v) is 5.66. The lowest BCUT2D eigenvalue weighted by atomic mass is 10.0. The van der Waals surface area contributed by atoms with E-state index in [0.29, 0.717) is 17.2 Å². The molecule has 0 aliphatic heterocycles. The van der Waals surface area contributed by atoms with E-state index in [1.165, 1.54) is 7.11 Å². The summed E-state index contributed by atoms with van der Waals surface area (Å²) < 4.78 is 4.86. The number of hydrogen-bond donors (Lipinski definition) is 1. The topological polar surface area (TPSA) is 48.1 Å². The minimum Gasteiger partial charge on any atom is -0.496 e. The second-order valence-corrected chi connectivity index (χ2v) is 1.82. The number of aromatic nitrogens is 1. The first-order valence-electron chi connectivity index (χ1n) is 2.80. The number of nitrogens with two attached hydrogens (primary N) is 1. The van der Waals surface area contributed by atoms with Gasteiger partial charge in [0.2, 0.25) is 0 Å². The van der Waals surface area contributed by atoms with E-state index in [9.17, 15) is 0 Å². The van der Waals surface area contributed by atoms with E-state index in [4.69, 9.17) is 18.3 Å². The molecule has 50 valence electrons. The number of nitrogen functional groups attached to an aromatic ring is 1. The van der Waals surface area contributed by atoms with Crippen molar-refractivity contribution in [3.63, 3.8) is 0 Å². The SMILES string of the molecule is [B]c1nc(N)ccc1OC. The number of hydrogen-bond acceptors (Lipinski definition) is 3. The van der Waals surface area contributed by atoms with Crippen LogP contribution in [0.2, 0.25) is 0 Å². The monoisotopic (exact) mass is 134 g/mol. The molecule has 1 aromatic heterocycles. The van der Waals surface area contributed by atoms with E-state index in [0.717, 1.165) is 0 Å². The van der Waals surface area contributed by atoms with Crippen molar-refractivity contribution in [1.82, 2.24) is 4.98 Å². The molecule has 4 heteroatoms. The lowest BCUT2D eigenvalue weighted by Crippen LogP contribution is -2.13. The Bertz CT molecular complexity index is 239. The third-order valence-corrected chi connectivity index (χ3v) is 1.13. The van der Waals surface area contributed by atoms with Crippen molar-refractivity contribution < 1.29 is 4.74 Å². The second-order valence-electron chi connectivity index (χ2n) is 1.82. The molecule has 0 fully saturated rings. The van der Waals surface area contributed by atoms with Crippen molar-refractivity contribution in [2.75, 3.05) is 12.8 Å². The number of ether oxygens (including phenoxy) is 1. The van der Waals surface area contributed by atoms with E-state index in [1.807, 2.05) is 0 Å². The zero-order chi connectivity index (χ0) is 7.56. The molecule has 1 aromatic rings. The van der Waals surface area contributed by atoms with Crippen molar-refractivity contribution >= 4 is 19.3 Å². The van der Waals surface area contributed by atoms with Crippen LogP contribution in [-0.2, 0) is 0 Å². The number of pyridine rings is 1. The van der Waals surface area contributed by atoms with Gasteiger partial charge in [-0.25, -0.2) is 4.98 Å². The van der Waals surface area contributed by atoms with Crippen molar-refractivity contribution in [1.29, 1.82) is 0 Å². The van der Waals surface area contributed by atoms with Gasteiger partial charge in [-0.3, -0.25) is 0 Å². The van der Waals surface area contributed by atoms with Gasteiger partial charge in [-0.1, -0.05) is 0 Å². The van der Waals surface area contributed by atoms with Gasteiger partial charge in [0.05, 0.1) is 7.11 Å². The zero-order valence-electron chi connectivity index (χ0n) is 5.66. The normalized spacial score (nSPS) is 9.30. The fourth-order valence-electron chi connectivity index (χ4n) is 0.651. The Kier molecular flexibility index (Phi) is 1.80. The summed E-state index contributed by atoms with van der Waals surface area (Å²) >= 11 is 0. The third kappa shape index (κ3) is 1.21. The van der Waals surface area contributed by atoms with Gasteiger partial charge in [-0.05, 0) is 12.1 Å². The molecule has 0 aliphatic rings. The molecule has 10 heavy (non-hydrogen) atoms. The summed E-state index contributed by atoms with van der Waals surface area (Å²) in [5.74, 6) is 0.951. The minimum atomic E-state index is 0.322. The Morgan fingerprint density at radius 1 is 1.60 bits per heavy atom. The molecule has 0 saturated heterocycles. The molecule has 0 saturated carbocycles. The van der Waals surface area contributed by atoms with Crippen molar-refractivity contribution in [2.24, 2.45) is 0 Å². The molecule has 0 amide bonds. The predicted octanol–water partition coefficient (Wildman–Crippen LogP) is -0.534. The molecule has 1 heterocycles. The van der Waals surface area contributed by atoms with Gasteiger partial charge < -0.3 is 10.5 Å². The van der Waals surface area contributed by atoms with Crippen molar-refractivity contribution in [2.45, 2.75) is 0 Å². The van der Waals surface area contributed by atoms with Gasteiger partial charge in [-0.2, -0.15) is 0 Å². The predicted molar refractivity (Wildman–Crippen MR) is 40.6 cm³/mol. The Morgan fingerprint density at radius 2 is 2.30 bits per heavy atom. The van der Waals surface area contributed by atoms with Crippen LogP contribution in [0.4, 0.5) is 5.82 Å². The fourth-order valence-corrected chi connectivity index (χ4v) is 0.651. The first-order valence-corrected chi connectivity index (χ1v) is 2.80. The molecule has 1 rings (SSSR count). The quantitative estimate of drug-likeness (QED) is 0.525. The number of anilines is 1. The molecular formula is C6H7BN2O. The molecule has 0 aliphatic carbocycles. The van der Waals surface area contributed by atoms with Crippen LogP contribution in [0.15, 0.2) is 12.1 Å². The Labute approximate surface area is 60.6 Å². The van der Waals surface area contributed by atoms with E-state index >= 15 is 0 Å². The van der Waals surface area contributed by atoms with Gasteiger partial charge in [0, 0.05) is 5.59 Å². The van der Waals surface area contributed by atoms with E-state index in [2.05, 4.69) is 4.98 Å². The van der Waals surface area contributed by atoms with E-state index in [-0.39, 0.29) is 0 Å². The first-order chi connectivity index (χ1) is 4.74. The molecule has 0 spiro atoms. The van der Waals surface area contributed by atoms with Crippen LogP contribution in [0.25, 0.3) is 0 Å². The van der Waals surface area contributed by atoms with Crippen LogP contribution in [0.1, 0.15) is 0 Å². The van der Waals surface area contributed by atoms with Gasteiger partial charge in [0.1, 0.15) is 19.4 Å². The summed E-state index contributed by atoms with van der Waals surface area (Å²) in [5.41, 5.74) is 5.66. The first kappa shape index (κ1) is 6.93. The summed E-state index contributed by atoms with van der Waals surface area (Å²) in [7, 11) is 6.95. The van der Waals surface area contributed by atoms with Crippen LogP contribution in [0.5, 0.6) is 5.75 Å². The number of rotatable bonds is 1. The highest BCUT2D eigenvalue weighted by Crippen LogP contribution is 2.04. The maximum atomic E-state index is 5.42. The average Bonchev–Trinajstić information content (AvgIpc) is 1.88. The van der Waals surface area contributed by atoms with E-state index in [1.54, 1.807) is 12.1 Å². The largest absolute Gasteiger partial charge is 0.496 e. The highest BCUT2D eigenvalue weighted by molar-refractivity contribution is 6.32. The van der Waals surface area contributed by atoms with Crippen LogP contribution in [0, 0.1) is 0 Å². The maximum absolute atomic E-state index is 5.42. The lowest BCUT2D eigenvalue weighted by molar-refractivity contribution is 0.417. The van der Waals surface area contributed by atoms with Crippen LogP contribution in [-0.4, -0.2) is 19.9 Å². The fraction of sp³-hybridized carbons (Fsp3) is 0.167. The highest BCUT2D eigenvalue weighted by atomic mass is 16.5. The summed E-state index contributed by atoms with van der Waals surface area (Å²) in [6.07, 6.45) is 0. The molecule has 0 bridgehead atoms. The van der Waals surface area contributed by atoms with Crippen molar-refractivity contribution in [3.8, 4) is 5.75 Å². The summed E-state index contributed by atoms with van der Waals surface area (Å²) in [6.45, 7) is 0. The Morgan fingerprint density at radius 3 is 2.80 bits per heavy atom. The highest BCUT2D eigenvalue weighted by Gasteiger charge is 1.96. The lowest BCUT2D eigenvalue weighted by Gasteiger charge is -2.02. The molecule has 2 radical (unpaired) electrons. The van der Waals surface area contributed by atoms with Crippen molar-refractivity contribution in [3.05, 3.63) is 12.1 Å². The number of nitrogens with zero attached hydrogens (tertiary/aromatic N) is 1. The summed E-state index contributed by atoms with van der Waals surface area (Å²) in [5, 5.41) is 0. The van der Waals surface area contributed by atoms with Crippen LogP contribution in [0.3, 0.4) is 0 Å². The molecule has 3 nitrogen and oxygen atoms in total. The van der Waals surface area contributed by atoms with Gasteiger partial charge in [0.15, 0.2) is 0 Å². The minimum absolute atomic E-state index is 0.322. The molecule has 0 aromatic carbocycles. The maximum Gasteiger partial charge on any atom is 0.147 e. The average molecular weight is 134 g/mol. The smallest absolute Gasteiger partial charge is 0.147 e. The standard InChI is InChI=1S/C6H7BN2O/c1-10-4-2-3-5(8)9-6(4)7/h2-3H,1H3,(H2,8,9). The van der Waals surface area contributed by atoms with Gasteiger partial charge in [-0.15, -0.1) is 0 Å². The third-order valence-electron chi connectivity index (χ3n) is 1.13. The van der Waals surface area contributed by atoms with Crippen LogP contribution >= 0.6 is 0 Å². The number of methoxy groups -OCH3 is 1. The molecule has 2 N–H and O–H groups in total. The van der Waals surface area contributed by atoms with Gasteiger partial charge in [0.25, 0.3) is 0 Å². The van der Waals surface area contributed by atoms with Crippen LogP contribution < -0.4 is 16.1 Å². The Balaban J connectivity index is 3.07. The molecular weight excluding hydrogens is 127 g/mol. The van der Waals surface area contributed by atoms with E-state index < -0.39 is 0 Å². The Hall–Kier alpha value is -1.19. The van der Waals surface area contributed by atoms with Gasteiger partial charge >= 0.3 is 0 Å². The summed E-state index contributed by atoms with van der Waals surface area (Å²) in [6, 6.07) is 3.31. The second kappa shape index (κ2) is 2.60. The molecule has 0 atom stereocenters.